The molecule has 0 aliphatic heterocycles. The van der Waals surface area contributed by atoms with Crippen LogP contribution < -0.4 is 10.1 Å². The zero-order chi connectivity index (χ0) is 15.4. The zero-order valence-corrected chi connectivity index (χ0v) is 14.7. The molecule has 114 valence electrons. The van der Waals surface area contributed by atoms with E-state index in [1.54, 1.807) is 13.3 Å². The minimum Gasteiger partial charge on any atom is -0.493 e. The lowest BCUT2D eigenvalue weighted by Gasteiger charge is -2.21. The van der Waals surface area contributed by atoms with Gasteiger partial charge in [-0.1, -0.05) is 24.6 Å². The van der Waals surface area contributed by atoms with Gasteiger partial charge in [0.25, 0.3) is 0 Å². The van der Waals surface area contributed by atoms with E-state index >= 15 is 0 Å². The van der Waals surface area contributed by atoms with Crippen molar-refractivity contribution in [3.05, 3.63) is 45.1 Å². The van der Waals surface area contributed by atoms with E-state index in [0.29, 0.717) is 5.02 Å². The van der Waals surface area contributed by atoms with Gasteiger partial charge in [-0.3, -0.25) is 4.68 Å². The van der Waals surface area contributed by atoms with Crippen LogP contribution in [0.1, 0.15) is 31.1 Å². The molecule has 2 rings (SSSR count). The molecule has 0 saturated carbocycles. The molecule has 0 saturated heterocycles. The fourth-order valence-electron chi connectivity index (χ4n) is 2.35. The van der Waals surface area contributed by atoms with Crippen LogP contribution in [0.2, 0.25) is 5.02 Å². The number of halogens is 2. The Labute approximate surface area is 138 Å². The Morgan fingerprint density at radius 2 is 2.19 bits per heavy atom. The van der Waals surface area contributed by atoms with Crippen LogP contribution in [0.15, 0.2) is 28.9 Å². The zero-order valence-electron chi connectivity index (χ0n) is 12.4. The van der Waals surface area contributed by atoms with E-state index in [4.69, 9.17) is 16.3 Å². The summed E-state index contributed by atoms with van der Waals surface area (Å²) in [7, 11) is 1.67. The van der Waals surface area contributed by atoms with Crippen LogP contribution in [0.4, 0.5) is 0 Å². The number of benzene rings is 1. The molecule has 0 aliphatic rings. The number of rotatable bonds is 6. The van der Waals surface area contributed by atoms with E-state index < -0.39 is 0 Å². The first kappa shape index (κ1) is 16.3. The highest BCUT2D eigenvalue weighted by atomic mass is 79.9. The largest absolute Gasteiger partial charge is 0.493 e. The Balaban J connectivity index is 2.52. The van der Waals surface area contributed by atoms with Crippen LogP contribution in [0.25, 0.3) is 0 Å². The molecule has 1 heterocycles. The number of hydrogen-bond donors (Lipinski definition) is 1. The standard InChI is InChI=1S/C15H19BrClN3O/c1-4-18-14(10-6-7-12(17)11(16)8-10)15-13(21-3)9-19-20(15)5-2/h6-9,14,18H,4-5H2,1-3H3. The summed E-state index contributed by atoms with van der Waals surface area (Å²) in [6, 6.07) is 5.94. The fourth-order valence-corrected chi connectivity index (χ4v) is 2.86. The summed E-state index contributed by atoms with van der Waals surface area (Å²) in [5, 5.41) is 8.58. The third-order valence-corrected chi connectivity index (χ3v) is 4.54. The normalized spacial score (nSPS) is 12.4. The van der Waals surface area contributed by atoms with Gasteiger partial charge in [0.15, 0.2) is 5.75 Å². The summed E-state index contributed by atoms with van der Waals surface area (Å²) < 4.78 is 8.30. The van der Waals surface area contributed by atoms with Crippen molar-refractivity contribution in [3.63, 3.8) is 0 Å². The molecule has 21 heavy (non-hydrogen) atoms. The van der Waals surface area contributed by atoms with E-state index in [1.807, 2.05) is 22.9 Å². The van der Waals surface area contributed by atoms with Gasteiger partial charge in [0.2, 0.25) is 0 Å². The molecule has 6 heteroatoms. The third-order valence-electron chi connectivity index (χ3n) is 3.32. The van der Waals surface area contributed by atoms with Crippen LogP contribution >= 0.6 is 27.5 Å². The summed E-state index contributed by atoms with van der Waals surface area (Å²) in [6.07, 6.45) is 1.76. The summed E-state index contributed by atoms with van der Waals surface area (Å²) in [6.45, 7) is 5.77. The van der Waals surface area contributed by atoms with E-state index in [-0.39, 0.29) is 6.04 Å². The van der Waals surface area contributed by atoms with Gasteiger partial charge in [0.05, 0.1) is 24.4 Å². The van der Waals surface area contributed by atoms with E-state index in [2.05, 4.69) is 40.2 Å². The summed E-state index contributed by atoms with van der Waals surface area (Å²) in [5.74, 6) is 0.786. The van der Waals surface area contributed by atoms with Gasteiger partial charge in [0.1, 0.15) is 5.69 Å². The molecule has 4 nitrogen and oxygen atoms in total. The number of ether oxygens (including phenoxy) is 1. The molecule has 0 fully saturated rings. The van der Waals surface area contributed by atoms with Gasteiger partial charge in [-0.2, -0.15) is 5.10 Å². The van der Waals surface area contributed by atoms with Gasteiger partial charge in [-0.15, -0.1) is 0 Å². The summed E-state index contributed by atoms with van der Waals surface area (Å²) in [5.41, 5.74) is 2.14. The fraction of sp³-hybridized carbons (Fsp3) is 0.400. The van der Waals surface area contributed by atoms with Crippen molar-refractivity contribution in [2.24, 2.45) is 0 Å². The van der Waals surface area contributed by atoms with Crippen molar-refractivity contribution in [2.45, 2.75) is 26.4 Å². The van der Waals surface area contributed by atoms with Crippen LogP contribution in [-0.4, -0.2) is 23.4 Å². The minimum absolute atomic E-state index is 0.000895. The van der Waals surface area contributed by atoms with Gasteiger partial charge in [-0.05, 0) is 47.1 Å². The van der Waals surface area contributed by atoms with Crippen molar-refractivity contribution in [1.82, 2.24) is 15.1 Å². The second-order valence-electron chi connectivity index (χ2n) is 4.58. The Kier molecular flexibility index (Phi) is 5.67. The molecule has 0 radical (unpaired) electrons. The van der Waals surface area contributed by atoms with E-state index in [0.717, 1.165) is 34.6 Å². The smallest absolute Gasteiger partial charge is 0.161 e. The maximum Gasteiger partial charge on any atom is 0.161 e. The summed E-state index contributed by atoms with van der Waals surface area (Å²) in [4.78, 5) is 0. The highest BCUT2D eigenvalue weighted by Gasteiger charge is 2.23. The number of hydrogen-bond acceptors (Lipinski definition) is 3. The molecule has 1 atom stereocenters. The van der Waals surface area contributed by atoms with Gasteiger partial charge >= 0.3 is 0 Å². The summed E-state index contributed by atoms with van der Waals surface area (Å²) >= 11 is 9.58. The number of aryl methyl sites for hydroxylation is 1. The molecule has 0 amide bonds. The molecule has 1 aromatic heterocycles. The predicted octanol–water partition coefficient (Wildman–Crippen LogP) is 4.03. The highest BCUT2D eigenvalue weighted by Crippen LogP contribution is 2.33. The number of aromatic nitrogens is 2. The van der Waals surface area contributed by atoms with Crippen LogP contribution in [-0.2, 0) is 6.54 Å². The average Bonchev–Trinajstić information content (AvgIpc) is 2.90. The minimum atomic E-state index is 0.000895. The van der Waals surface area contributed by atoms with Gasteiger partial charge in [0, 0.05) is 11.0 Å². The maximum atomic E-state index is 6.09. The third kappa shape index (κ3) is 3.42. The van der Waals surface area contributed by atoms with Crippen LogP contribution in [0.3, 0.4) is 0 Å². The molecule has 0 bridgehead atoms. The second-order valence-corrected chi connectivity index (χ2v) is 5.84. The van der Waals surface area contributed by atoms with Crippen molar-refractivity contribution >= 4 is 27.5 Å². The first-order valence-electron chi connectivity index (χ1n) is 6.90. The Hall–Kier alpha value is -1.04. The Morgan fingerprint density at radius 1 is 1.43 bits per heavy atom. The molecule has 1 aromatic carbocycles. The number of nitrogens with one attached hydrogen (secondary N) is 1. The maximum absolute atomic E-state index is 6.09. The van der Waals surface area contributed by atoms with Crippen LogP contribution in [0, 0.1) is 0 Å². The lowest BCUT2D eigenvalue weighted by molar-refractivity contribution is 0.399. The van der Waals surface area contributed by atoms with Gasteiger partial charge in [-0.25, -0.2) is 0 Å². The van der Waals surface area contributed by atoms with Crippen molar-refractivity contribution in [3.8, 4) is 5.75 Å². The molecular weight excluding hydrogens is 354 g/mol. The van der Waals surface area contributed by atoms with Crippen molar-refractivity contribution in [1.29, 1.82) is 0 Å². The molecule has 1 N–H and O–H groups in total. The number of nitrogens with zero attached hydrogens (tertiary/aromatic N) is 2. The van der Waals surface area contributed by atoms with E-state index in [1.165, 1.54) is 0 Å². The Bertz CT molecular complexity index is 593. The lowest BCUT2D eigenvalue weighted by Crippen LogP contribution is -2.25. The molecule has 0 spiro atoms. The second kappa shape index (κ2) is 7.29. The lowest BCUT2D eigenvalue weighted by atomic mass is 10.0. The van der Waals surface area contributed by atoms with E-state index in [9.17, 15) is 0 Å². The first-order valence-corrected chi connectivity index (χ1v) is 8.07. The quantitative estimate of drug-likeness (QED) is 0.832. The topological polar surface area (TPSA) is 39.1 Å². The Morgan fingerprint density at radius 3 is 2.76 bits per heavy atom. The molecule has 2 aromatic rings. The predicted molar refractivity (Wildman–Crippen MR) is 89.1 cm³/mol. The monoisotopic (exact) mass is 371 g/mol. The van der Waals surface area contributed by atoms with Gasteiger partial charge < -0.3 is 10.1 Å². The van der Waals surface area contributed by atoms with Crippen molar-refractivity contribution < 1.29 is 4.74 Å². The average molecular weight is 373 g/mol. The molecule has 0 aliphatic carbocycles. The van der Waals surface area contributed by atoms with Crippen LogP contribution in [0.5, 0.6) is 5.75 Å². The SMILES string of the molecule is CCNC(c1ccc(Cl)c(Br)c1)c1c(OC)cnn1CC. The molecule has 1 unspecified atom stereocenters. The molecular formula is C15H19BrClN3O. The highest BCUT2D eigenvalue weighted by molar-refractivity contribution is 9.10. The number of methoxy groups -OCH3 is 1. The first-order chi connectivity index (χ1) is 10.1. The van der Waals surface area contributed by atoms with Crippen molar-refractivity contribution in [2.75, 3.05) is 13.7 Å².